The van der Waals surface area contributed by atoms with E-state index in [9.17, 15) is 24.9 Å². The Morgan fingerprint density at radius 2 is 1.89 bits per heavy atom. The van der Waals surface area contributed by atoms with Gasteiger partial charge in [-0.25, -0.2) is 9.78 Å². The lowest BCUT2D eigenvalue weighted by atomic mass is 9.35. The molecule has 2 saturated heterocycles. The number of esters is 1. The molecule has 0 amide bonds. The van der Waals surface area contributed by atoms with Gasteiger partial charge in [-0.15, -0.1) is 0 Å². The number of hydrogen-bond acceptors (Lipinski definition) is 8. The molecule has 2 aromatic rings. The summed E-state index contributed by atoms with van der Waals surface area (Å²) in [6, 6.07) is 10.8. The number of nitrogens with zero attached hydrogens (tertiary/aromatic N) is 1. The number of para-hydroxylation sites is 1. The second-order valence-electron chi connectivity index (χ2n) is 12.7. The quantitative estimate of drug-likeness (QED) is 0.409. The van der Waals surface area contributed by atoms with Crippen LogP contribution in [0.25, 0.3) is 10.9 Å². The van der Waals surface area contributed by atoms with Crippen LogP contribution in [0.15, 0.2) is 48.6 Å². The number of pyridine rings is 1. The molecule has 1 aromatic heterocycles. The molecule has 8 nitrogen and oxygen atoms in total. The average Bonchev–Trinajstić information content (AvgIpc) is 3.01. The Labute approximate surface area is 220 Å². The maximum atomic E-state index is 14.2. The summed E-state index contributed by atoms with van der Waals surface area (Å²) < 4.78 is 12.2. The SMILES string of the molecule is C=C1C(=O)[C@@]23C(CC[C@@H]1[C@H]2OC(=O)c1ccc2ccccc2n1)[C@@]12CO[C@@]3(O)[C@@H](O)[C@@H]1C(C)(C)CC[C@@H]2O. The molecule has 6 aliphatic rings. The zero-order valence-electron chi connectivity index (χ0n) is 21.6. The molecule has 8 rings (SSSR count). The molecule has 1 unspecified atom stereocenters. The maximum Gasteiger partial charge on any atom is 0.357 e. The number of ether oxygens (including phenoxy) is 2. The largest absolute Gasteiger partial charge is 0.456 e. The van der Waals surface area contributed by atoms with Gasteiger partial charge >= 0.3 is 5.97 Å². The number of carbonyl (C=O) groups is 2. The minimum absolute atomic E-state index is 0.0273. The number of hydrogen-bond donors (Lipinski definition) is 3. The summed E-state index contributed by atoms with van der Waals surface area (Å²) in [5.74, 6) is -5.01. The van der Waals surface area contributed by atoms with Crippen molar-refractivity contribution in [1.29, 1.82) is 0 Å². The van der Waals surface area contributed by atoms with Crippen molar-refractivity contribution in [1.82, 2.24) is 4.98 Å². The van der Waals surface area contributed by atoms with Crippen LogP contribution in [0.5, 0.6) is 0 Å². The molecule has 4 bridgehead atoms. The van der Waals surface area contributed by atoms with Crippen LogP contribution in [0.4, 0.5) is 0 Å². The van der Waals surface area contributed by atoms with Gasteiger partial charge < -0.3 is 24.8 Å². The number of fused-ring (bicyclic) bond motifs is 3. The van der Waals surface area contributed by atoms with Crippen molar-refractivity contribution in [3.8, 4) is 0 Å². The van der Waals surface area contributed by atoms with Gasteiger partial charge in [0.05, 0.1) is 18.2 Å². The topological polar surface area (TPSA) is 126 Å². The van der Waals surface area contributed by atoms with Crippen LogP contribution in [0.1, 0.15) is 50.0 Å². The monoisotopic (exact) mass is 519 g/mol. The summed E-state index contributed by atoms with van der Waals surface area (Å²) in [6.07, 6.45) is -1.17. The lowest BCUT2D eigenvalue weighted by Gasteiger charge is -2.74. The third kappa shape index (κ3) is 2.58. The van der Waals surface area contributed by atoms with Gasteiger partial charge in [-0.05, 0) is 54.7 Å². The molecule has 8 heteroatoms. The number of aromatic nitrogens is 1. The van der Waals surface area contributed by atoms with Crippen LogP contribution in [0, 0.1) is 34.0 Å². The Morgan fingerprint density at radius 1 is 1.13 bits per heavy atom. The highest BCUT2D eigenvalue weighted by molar-refractivity contribution is 6.05. The molecule has 3 heterocycles. The van der Waals surface area contributed by atoms with Crippen molar-refractivity contribution in [2.75, 3.05) is 6.61 Å². The first kappa shape index (κ1) is 24.4. The van der Waals surface area contributed by atoms with E-state index in [-0.39, 0.29) is 17.9 Å². The zero-order valence-corrected chi connectivity index (χ0v) is 21.6. The molecular formula is C30H33NO7. The summed E-state index contributed by atoms with van der Waals surface area (Å²) in [6.45, 7) is 8.16. The number of aliphatic hydroxyl groups excluding tert-OH is 2. The zero-order chi connectivity index (χ0) is 26.8. The van der Waals surface area contributed by atoms with Crippen LogP contribution in [-0.4, -0.2) is 62.8 Å². The van der Waals surface area contributed by atoms with Gasteiger partial charge in [0, 0.05) is 22.6 Å². The van der Waals surface area contributed by atoms with Crippen LogP contribution in [0.3, 0.4) is 0 Å². The fourth-order valence-corrected chi connectivity index (χ4v) is 9.39. The third-order valence-corrected chi connectivity index (χ3v) is 10.9. The van der Waals surface area contributed by atoms with Gasteiger partial charge in [0.25, 0.3) is 0 Å². The van der Waals surface area contributed by atoms with Gasteiger partial charge in [0.15, 0.2) is 5.78 Å². The molecule has 2 spiro atoms. The van der Waals surface area contributed by atoms with E-state index >= 15 is 0 Å². The minimum atomic E-state index is -2.28. The molecule has 38 heavy (non-hydrogen) atoms. The highest BCUT2D eigenvalue weighted by Crippen LogP contribution is 2.76. The predicted molar refractivity (Wildman–Crippen MR) is 136 cm³/mol. The second kappa shape index (κ2) is 7.50. The molecule has 1 aromatic carbocycles. The first-order valence-electron chi connectivity index (χ1n) is 13.5. The number of rotatable bonds is 2. The molecular weight excluding hydrogens is 486 g/mol. The number of Topliss-reactive ketones (excluding diaryl/α,β-unsaturated/α-hetero) is 1. The number of ketones is 1. The first-order valence-corrected chi connectivity index (χ1v) is 13.5. The highest BCUT2D eigenvalue weighted by Gasteiger charge is 2.87. The Morgan fingerprint density at radius 3 is 2.68 bits per heavy atom. The highest BCUT2D eigenvalue weighted by atomic mass is 16.6. The van der Waals surface area contributed by atoms with E-state index in [4.69, 9.17) is 9.47 Å². The van der Waals surface area contributed by atoms with E-state index in [1.807, 2.05) is 32.0 Å². The Hall–Kier alpha value is -2.65. The Bertz CT molecular complexity index is 1400. The third-order valence-electron chi connectivity index (χ3n) is 10.9. The maximum absolute atomic E-state index is 14.2. The molecule has 4 aliphatic carbocycles. The molecule has 3 N–H and O–H groups in total. The Balaban J connectivity index is 1.37. The van der Waals surface area contributed by atoms with E-state index in [1.165, 1.54) is 0 Å². The van der Waals surface area contributed by atoms with E-state index in [0.717, 1.165) is 5.39 Å². The van der Waals surface area contributed by atoms with Crippen LogP contribution in [0.2, 0.25) is 0 Å². The lowest BCUT2D eigenvalue weighted by Crippen LogP contribution is -2.85. The van der Waals surface area contributed by atoms with Crippen molar-refractivity contribution in [3.05, 3.63) is 54.2 Å². The smallest absolute Gasteiger partial charge is 0.357 e. The molecule has 9 atom stereocenters. The van der Waals surface area contributed by atoms with Crippen molar-refractivity contribution >= 4 is 22.7 Å². The fourth-order valence-electron chi connectivity index (χ4n) is 9.39. The van der Waals surface area contributed by atoms with Gasteiger partial charge in [-0.3, -0.25) is 4.79 Å². The van der Waals surface area contributed by atoms with Gasteiger partial charge in [-0.2, -0.15) is 0 Å². The minimum Gasteiger partial charge on any atom is -0.456 e. The second-order valence-corrected chi connectivity index (χ2v) is 12.7. The van der Waals surface area contributed by atoms with Crippen molar-refractivity contribution in [2.45, 2.75) is 63.6 Å². The molecule has 0 radical (unpaired) electrons. The fraction of sp³-hybridized carbons (Fsp3) is 0.567. The molecule has 6 fully saturated rings. The summed E-state index contributed by atoms with van der Waals surface area (Å²) in [4.78, 5) is 32.2. The number of aliphatic hydroxyl groups is 3. The van der Waals surface area contributed by atoms with Crippen LogP contribution in [-0.2, 0) is 14.3 Å². The van der Waals surface area contributed by atoms with Gasteiger partial charge in [0.1, 0.15) is 23.3 Å². The van der Waals surface area contributed by atoms with E-state index in [1.54, 1.807) is 18.2 Å². The van der Waals surface area contributed by atoms with E-state index in [0.29, 0.717) is 31.2 Å². The summed E-state index contributed by atoms with van der Waals surface area (Å²) in [5, 5.41) is 36.5. The molecule has 2 aliphatic heterocycles. The van der Waals surface area contributed by atoms with Crippen molar-refractivity contribution in [3.63, 3.8) is 0 Å². The first-order chi connectivity index (χ1) is 18.0. The van der Waals surface area contributed by atoms with Crippen molar-refractivity contribution < 1.29 is 34.4 Å². The molecule has 200 valence electrons. The number of benzene rings is 1. The van der Waals surface area contributed by atoms with E-state index < -0.39 is 69.9 Å². The standard InChI is InChI=1S/C30H33NO7/c1-15-17-9-11-20-28-14-37-30(36,24(34)22(28)27(2,3)13-12-21(28)32)29(20,23(15)33)25(17)38-26(35)19-10-8-16-6-4-5-7-18(16)31-19/h4-8,10,17,20-22,24-25,32,34,36H,1,9,11-14H2,2-3H3/t17-,20?,21-,22+,24-,25+,28+,29-,30-/m0/s1. The summed E-state index contributed by atoms with van der Waals surface area (Å²) >= 11 is 0. The van der Waals surface area contributed by atoms with E-state index in [2.05, 4.69) is 11.6 Å². The molecule has 4 saturated carbocycles. The Kier molecular flexibility index (Phi) is 4.82. The number of carbonyl (C=O) groups excluding carboxylic acids is 2. The van der Waals surface area contributed by atoms with Crippen LogP contribution >= 0.6 is 0 Å². The normalized spacial score (nSPS) is 44.6. The van der Waals surface area contributed by atoms with Gasteiger partial charge in [0.2, 0.25) is 5.79 Å². The average molecular weight is 520 g/mol. The predicted octanol–water partition coefficient (Wildman–Crippen LogP) is 2.79. The summed E-state index contributed by atoms with van der Waals surface area (Å²) in [5.41, 5.74) is -2.15. The lowest BCUT2D eigenvalue weighted by molar-refractivity contribution is -0.457. The van der Waals surface area contributed by atoms with Gasteiger partial charge in [-0.1, -0.05) is 44.7 Å². The summed E-state index contributed by atoms with van der Waals surface area (Å²) in [7, 11) is 0. The van der Waals surface area contributed by atoms with Crippen molar-refractivity contribution in [2.24, 2.45) is 34.0 Å². The van der Waals surface area contributed by atoms with Crippen LogP contribution < -0.4 is 0 Å².